The molecule has 4 heterocycles. The summed E-state index contributed by atoms with van der Waals surface area (Å²) in [6.45, 7) is 13.4. The molecule has 0 atom stereocenters. The molecule has 0 bridgehead atoms. The summed E-state index contributed by atoms with van der Waals surface area (Å²) in [5.74, 6) is 1.58. The standard InChI is InChI=1S/C30H29NO2S/c1-16(2)13-24-17(3)20-7-8-21-25-23(32-28(21)27(20)33-24)9-11-31-26(25)19-14-18-10-12-34-29(18)22(15-19)30(4,5)6/h7-12,14-16H,13H2,1-6H3. The highest BCUT2D eigenvalue weighted by molar-refractivity contribution is 7.17. The summed E-state index contributed by atoms with van der Waals surface area (Å²) in [5.41, 5.74) is 7.18. The van der Waals surface area contributed by atoms with Crippen LogP contribution in [0.5, 0.6) is 0 Å². The maximum Gasteiger partial charge on any atom is 0.178 e. The van der Waals surface area contributed by atoms with Crippen LogP contribution in [0.1, 0.15) is 51.5 Å². The third-order valence-electron chi connectivity index (χ3n) is 6.78. The van der Waals surface area contributed by atoms with E-state index < -0.39 is 0 Å². The first kappa shape index (κ1) is 21.4. The van der Waals surface area contributed by atoms with E-state index in [1.54, 1.807) is 0 Å². The van der Waals surface area contributed by atoms with Crippen molar-refractivity contribution in [2.24, 2.45) is 5.92 Å². The van der Waals surface area contributed by atoms with Gasteiger partial charge in [0, 0.05) is 33.7 Å². The smallest absolute Gasteiger partial charge is 0.178 e. The van der Waals surface area contributed by atoms with Gasteiger partial charge in [0.2, 0.25) is 0 Å². The third-order valence-corrected chi connectivity index (χ3v) is 7.74. The maximum absolute atomic E-state index is 6.44. The number of hydrogen-bond acceptors (Lipinski definition) is 4. The summed E-state index contributed by atoms with van der Waals surface area (Å²) in [5, 5.41) is 6.68. The van der Waals surface area contributed by atoms with Crippen LogP contribution in [0.25, 0.3) is 54.3 Å². The number of fused-ring (bicyclic) bond motifs is 6. The van der Waals surface area contributed by atoms with Gasteiger partial charge in [0.15, 0.2) is 11.2 Å². The van der Waals surface area contributed by atoms with Crippen molar-refractivity contribution in [3.63, 3.8) is 0 Å². The summed E-state index contributed by atoms with van der Waals surface area (Å²) in [6.07, 6.45) is 2.77. The van der Waals surface area contributed by atoms with Crippen LogP contribution in [0.2, 0.25) is 0 Å². The fraction of sp³-hybridized carbons (Fsp3) is 0.300. The Morgan fingerprint density at radius 2 is 1.74 bits per heavy atom. The van der Waals surface area contributed by atoms with E-state index in [1.807, 2.05) is 23.6 Å². The van der Waals surface area contributed by atoms with Gasteiger partial charge in [-0.1, -0.05) is 34.6 Å². The van der Waals surface area contributed by atoms with Gasteiger partial charge >= 0.3 is 0 Å². The molecule has 34 heavy (non-hydrogen) atoms. The van der Waals surface area contributed by atoms with Gasteiger partial charge in [0.1, 0.15) is 11.3 Å². The van der Waals surface area contributed by atoms with Crippen LogP contribution < -0.4 is 0 Å². The van der Waals surface area contributed by atoms with Gasteiger partial charge in [-0.2, -0.15) is 0 Å². The molecule has 0 aliphatic heterocycles. The van der Waals surface area contributed by atoms with Crippen LogP contribution in [-0.4, -0.2) is 4.98 Å². The van der Waals surface area contributed by atoms with Crippen LogP contribution in [-0.2, 0) is 11.8 Å². The number of aryl methyl sites for hydroxylation is 1. The zero-order chi connectivity index (χ0) is 23.8. The number of benzene rings is 2. The molecule has 0 N–H and O–H groups in total. The number of thiophene rings is 1. The quantitative estimate of drug-likeness (QED) is 0.260. The topological polar surface area (TPSA) is 39.2 Å². The fourth-order valence-corrected chi connectivity index (χ4v) is 6.17. The lowest BCUT2D eigenvalue weighted by atomic mass is 9.85. The van der Waals surface area contributed by atoms with Crippen molar-refractivity contribution in [1.82, 2.24) is 4.98 Å². The molecular formula is C30H29NO2S. The Bertz CT molecular complexity index is 1710. The minimum Gasteiger partial charge on any atom is -0.457 e. The highest BCUT2D eigenvalue weighted by Crippen LogP contribution is 2.43. The predicted octanol–water partition coefficient (Wildman–Crippen LogP) is 9.41. The van der Waals surface area contributed by atoms with E-state index in [0.29, 0.717) is 5.92 Å². The molecule has 0 spiro atoms. The monoisotopic (exact) mass is 467 g/mol. The second kappa shape index (κ2) is 7.44. The number of aromatic nitrogens is 1. The van der Waals surface area contributed by atoms with E-state index in [2.05, 4.69) is 77.3 Å². The van der Waals surface area contributed by atoms with Gasteiger partial charge in [-0.3, -0.25) is 4.98 Å². The van der Waals surface area contributed by atoms with Crippen molar-refractivity contribution in [1.29, 1.82) is 0 Å². The largest absolute Gasteiger partial charge is 0.457 e. The molecule has 4 aromatic heterocycles. The summed E-state index contributed by atoms with van der Waals surface area (Å²) in [7, 11) is 0. The number of nitrogens with zero attached hydrogens (tertiary/aromatic N) is 1. The minimum atomic E-state index is 0.0378. The molecular weight excluding hydrogens is 438 g/mol. The van der Waals surface area contributed by atoms with Gasteiger partial charge in [-0.15, -0.1) is 11.3 Å². The highest BCUT2D eigenvalue weighted by atomic mass is 32.1. The van der Waals surface area contributed by atoms with Crippen molar-refractivity contribution in [3.05, 3.63) is 64.9 Å². The van der Waals surface area contributed by atoms with Crippen molar-refractivity contribution in [2.75, 3.05) is 0 Å². The first-order valence-electron chi connectivity index (χ1n) is 12.0. The molecule has 0 aliphatic carbocycles. The Kier molecular flexibility index (Phi) is 4.69. The molecule has 0 fully saturated rings. The Balaban J connectivity index is 1.65. The molecule has 0 saturated carbocycles. The van der Waals surface area contributed by atoms with Gasteiger partial charge in [0.25, 0.3) is 0 Å². The minimum absolute atomic E-state index is 0.0378. The SMILES string of the molecule is Cc1c(CC(C)C)oc2c1ccc1c2oc2ccnc(-c3cc(C(C)(C)C)c4sccc4c3)c21. The second-order valence-corrected chi connectivity index (χ2v) is 11.7. The number of hydrogen-bond donors (Lipinski definition) is 0. The van der Waals surface area contributed by atoms with Gasteiger partial charge in [0.05, 0.1) is 11.1 Å². The molecule has 2 aromatic carbocycles. The Labute approximate surface area is 203 Å². The second-order valence-electron chi connectivity index (χ2n) is 10.8. The molecule has 4 heteroatoms. The molecule has 3 nitrogen and oxygen atoms in total. The molecule has 6 aromatic rings. The summed E-state index contributed by atoms with van der Waals surface area (Å²) < 4.78 is 14.2. The highest BCUT2D eigenvalue weighted by Gasteiger charge is 2.23. The molecule has 0 amide bonds. The van der Waals surface area contributed by atoms with Crippen molar-refractivity contribution < 1.29 is 8.83 Å². The van der Waals surface area contributed by atoms with Crippen LogP contribution in [0.4, 0.5) is 0 Å². The van der Waals surface area contributed by atoms with E-state index in [4.69, 9.17) is 13.8 Å². The molecule has 0 saturated heterocycles. The predicted molar refractivity (Wildman–Crippen MR) is 144 cm³/mol. The lowest BCUT2D eigenvalue weighted by molar-refractivity contribution is 0.494. The number of pyridine rings is 1. The fourth-order valence-electron chi connectivity index (χ4n) is 5.07. The lowest BCUT2D eigenvalue weighted by Gasteiger charge is -2.21. The molecule has 0 radical (unpaired) electrons. The van der Waals surface area contributed by atoms with Crippen molar-refractivity contribution >= 4 is 54.3 Å². The van der Waals surface area contributed by atoms with Crippen molar-refractivity contribution in [2.45, 2.75) is 53.4 Å². The number of rotatable bonds is 3. The molecule has 6 rings (SSSR count). The van der Waals surface area contributed by atoms with E-state index in [-0.39, 0.29) is 5.41 Å². The van der Waals surface area contributed by atoms with E-state index in [0.717, 1.165) is 56.3 Å². The van der Waals surface area contributed by atoms with Crippen LogP contribution in [0.3, 0.4) is 0 Å². The van der Waals surface area contributed by atoms with E-state index in [9.17, 15) is 0 Å². The maximum atomic E-state index is 6.44. The Hall–Kier alpha value is -3.11. The zero-order valence-corrected chi connectivity index (χ0v) is 21.4. The average Bonchev–Trinajstić information content (AvgIpc) is 3.47. The first-order chi connectivity index (χ1) is 16.2. The van der Waals surface area contributed by atoms with E-state index in [1.165, 1.54) is 21.2 Å². The lowest BCUT2D eigenvalue weighted by Crippen LogP contribution is -2.11. The normalized spacial score (nSPS) is 12.8. The van der Waals surface area contributed by atoms with Crippen LogP contribution in [0, 0.1) is 12.8 Å². The van der Waals surface area contributed by atoms with Gasteiger partial charge in [-0.05, 0) is 76.5 Å². The summed E-state index contributed by atoms with van der Waals surface area (Å²) in [6, 6.07) is 13.1. The van der Waals surface area contributed by atoms with E-state index >= 15 is 0 Å². The first-order valence-corrected chi connectivity index (χ1v) is 12.8. The Morgan fingerprint density at radius 1 is 0.971 bits per heavy atom. The summed E-state index contributed by atoms with van der Waals surface area (Å²) in [4.78, 5) is 4.87. The number of furan rings is 2. The Morgan fingerprint density at radius 3 is 2.50 bits per heavy atom. The molecule has 172 valence electrons. The van der Waals surface area contributed by atoms with Gasteiger partial charge in [-0.25, -0.2) is 0 Å². The van der Waals surface area contributed by atoms with Crippen molar-refractivity contribution in [3.8, 4) is 11.3 Å². The van der Waals surface area contributed by atoms with Gasteiger partial charge < -0.3 is 8.83 Å². The zero-order valence-electron chi connectivity index (χ0n) is 20.6. The average molecular weight is 468 g/mol. The molecule has 0 aliphatic rings. The molecule has 0 unspecified atom stereocenters. The summed E-state index contributed by atoms with van der Waals surface area (Å²) >= 11 is 1.81. The van der Waals surface area contributed by atoms with Crippen LogP contribution in [0.15, 0.2) is 56.8 Å². The van der Waals surface area contributed by atoms with Crippen LogP contribution >= 0.6 is 11.3 Å². The third kappa shape index (κ3) is 3.19.